The van der Waals surface area contributed by atoms with Crippen LogP contribution in [0.25, 0.3) is 11.1 Å². The fraction of sp³-hybridized carbons (Fsp3) is 0.276. The number of amides is 2. The zero-order valence-corrected chi connectivity index (χ0v) is 22.9. The number of hydrogen-bond donors (Lipinski definition) is 4. The summed E-state index contributed by atoms with van der Waals surface area (Å²) in [7, 11) is 0. The van der Waals surface area contributed by atoms with Crippen LogP contribution in [-0.2, 0) is 29.0 Å². The molecule has 3 aromatic rings. The smallest absolute Gasteiger partial charge is 0.495 e. The molecule has 1 atom stereocenters. The molecular formula is C29H29F3N4O7. The number of anilines is 1. The Bertz CT molecular complexity index is 1440. The van der Waals surface area contributed by atoms with Crippen molar-refractivity contribution < 1.29 is 47.2 Å². The van der Waals surface area contributed by atoms with Crippen molar-refractivity contribution in [1.29, 1.82) is 0 Å². The second-order valence-electron chi connectivity index (χ2n) is 9.28. The van der Waals surface area contributed by atoms with Crippen molar-refractivity contribution in [3.05, 3.63) is 78.0 Å². The van der Waals surface area contributed by atoms with Crippen LogP contribution in [0.2, 0.25) is 0 Å². The first-order chi connectivity index (χ1) is 20.4. The Hall–Kier alpha value is -5.14. The molecule has 228 valence electrons. The molecule has 4 N–H and O–H groups in total. The van der Waals surface area contributed by atoms with E-state index in [0.717, 1.165) is 5.56 Å². The van der Waals surface area contributed by atoms with Crippen molar-refractivity contribution >= 4 is 29.6 Å². The van der Waals surface area contributed by atoms with Gasteiger partial charge in [0, 0.05) is 30.3 Å². The van der Waals surface area contributed by atoms with Gasteiger partial charge in [-0.15, -0.1) is 0 Å². The molecule has 43 heavy (non-hydrogen) atoms. The Morgan fingerprint density at radius 2 is 1.72 bits per heavy atom. The van der Waals surface area contributed by atoms with Crippen molar-refractivity contribution in [2.75, 3.05) is 18.4 Å². The second-order valence-corrected chi connectivity index (χ2v) is 9.28. The summed E-state index contributed by atoms with van der Waals surface area (Å²) in [6.45, 7) is 1.87. The minimum atomic E-state index is -5.40. The molecule has 0 bridgehead atoms. The molecule has 3 rings (SSSR count). The molecule has 1 aromatic heterocycles. The number of phenolic OH excluding ortho intramolecular Hbond substituents is 1. The lowest BCUT2D eigenvalue weighted by atomic mass is 9.96. The van der Waals surface area contributed by atoms with E-state index in [0.29, 0.717) is 29.9 Å². The van der Waals surface area contributed by atoms with Gasteiger partial charge >= 0.3 is 18.1 Å². The largest absolute Gasteiger partial charge is 0.507 e. The molecule has 0 saturated heterocycles. The van der Waals surface area contributed by atoms with E-state index in [9.17, 15) is 37.5 Å². The number of hydrogen-bond acceptors (Lipinski definition) is 9. The van der Waals surface area contributed by atoms with Crippen molar-refractivity contribution in [2.45, 2.75) is 38.4 Å². The molecule has 0 aliphatic rings. The topological polar surface area (TPSA) is 156 Å². The number of aryl methyl sites for hydroxylation is 1. The highest BCUT2D eigenvalue weighted by Crippen LogP contribution is 2.36. The number of rotatable bonds is 12. The second kappa shape index (κ2) is 15.2. The van der Waals surface area contributed by atoms with Crippen LogP contribution < -0.4 is 16.0 Å². The van der Waals surface area contributed by atoms with Gasteiger partial charge in [-0.25, -0.2) is 24.3 Å². The monoisotopic (exact) mass is 602 g/mol. The molecule has 0 aliphatic heterocycles. The first-order valence-electron chi connectivity index (χ1n) is 13.0. The number of aromatic nitrogens is 1. The summed E-state index contributed by atoms with van der Waals surface area (Å²) < 4.78 is 37.2. The number of halogens is 3. The highest BCUT2D eigenvalue weighted by molar-refractivity contribution is 5.85. The lowest BCUT2D eigenvalue weighted by molar-refractivity contribution is -0.286. The number of para-hydroxylation sites is 1. The number of carbonyl (C=O) groups excluding carboxylic acids is 4. The number of alkyl halides is 3. The van der Waals surface area contributed by atoms with Gasteiger partial charge in [0.1, 0.15) is 11.6 Å². The van der Waals surface area contributed by atoms with Crippen molar-refractivity contribution in [3.63, 3.8) is 0 Å². The van der Waals surface area contributed by atoms with Crippen LogP contribution in [0, 0.1) is 6.92 Å². The van der Waals surface area contributed by atoms with E-state index in [4.69, 9.17) is 0 Å². The highest BCUT2D eigenvalue weighted by Gasteiger charge is 2.43. The maximum Gasteiger partial charge on any atom is 0.495 e. The standard InChI is InChI=1S/C29H29F3N4O7/c1-18-12-14-34-23(15-18)33-13-6-11-24(37)35-17-25(38)36-22(16-26(39)42-43-28(41)29(30,31)32)21-10-5-9-20(27(21)40)19-7-3-2-4-8-19/h2-5,7-10,12,14-15,22,40H,6,11,13,16-17H2,1H3,(H,33,34)(H,35,37)(H,36,38). The Balaban J connectivity index is 1.63. The number of aromatic hydroxyl groups is 1. The third-order valence-corrected chi connectivity index (χ3v) is 5.92. The van der Waals surface area contributed by atoms with Crippen LogP contribution >= 0.6 is 0 Å². The Labute approximate surface area is 244 Å². The lowest BCUT2D eigenvalue weighted by Crippen LogP contribution is -2.39. The van der Waals surface area contributed by atoms with Crippen LogP contribution in [0.15, 0.2) is 66.9 Å². The molecule has 1 unspecified atom stereocenters. The molecule has 11 nitrogen and oxygen atoms in total. The van der Waals surface area contributed by atoms with Crippen molar-refractivity contribution in [2.24, 2.45) is 0 Å². The predicted molar refractivity (Wildman–Crippen MR) is 147 cm³/mol. The first-order valence-corrected chi connectivity index (χ1v) is 13.0. The predicted octanol–water partition coefficient (Wildman–Crippen LogP) is 3.88. The van der Waals surface area contributed by atoms with Gasteiger partial charge in [0.15, 0.2) is 0 Å². The zero-order chi connectivity index (χ0) is 31.4. The number of nitrogens with one attached hydrogen (secondary N) is 3. The molecule has 0 saturated carbocycles. The van der Waals surface area contributed by atoms with E-state index in [1.54, 1.807) is 42.6 Å². The number of benzene rings is 2. The minimum Gasteiger partial charge on any atom is -0.507 e. The van der Waals surface area contributed by atoms with Gasteiger partial charge in [-0.3, -0.25) is 9.59 Å². The average Bonchev–Trinajstić information content (AvgIpc) is 2.97. The fourth-order valence-electron chi connectivity index (χ4n) is 3.88. The van der Waals surface area contributed by atoms with Crippen LogP contribution in [0.1, 0.15) is 36.4 Å². The maximum absolute atomic E-state index is 12.7. The molecule has 1 heterocycles. The summed E-state index contributed by atoms with van der Waals surface area (Å²) in [5.41, 5.74) is 2.00. The third kappa shape index (κ3) is 10.3. The Morgan fingerprint density at radius 1 is 0.977 bits per heavy atom. The van der Waals surface area contributed by atoms with Gasteiger partial charge < -0.3 is 21.1 Å². The van der Waals surface area contributed by atoms with E-state index < -0.39 is 48.9 Å². The minimum absolute atomic E-state index is 0.0240. The summed E-state index contributed by atoms with van der Waals surface area (Å²) in [5, 5.41) is 19.0. The fourth-order valence-corrected chi connectivity index (χ4v) is 3.88. The highest BCUT2D eigenvalue weighted by atomic mass is 19.4. The SMILES string of the molecule is Cc1ccnc(NCCCC(=O)NCC(=O)NC(CC(=O)OOC(=O)C(F)(F)F)c2cccc(-c3ccccc3)c2O)c1. The van der Waals surface area contributed by atoms with Crippen molar-refractivity contribution in [3.8, 4) is 16.9 Å². The van der Waals surface area contributed by atoms with Crippen LogP contribution in [-0.4, -0.2) is 53.1 Å². The van der Waals surface area contributed by atoms with E-state index in [1.165, 1.54) is 12.1 Å². The molecular weight excluding hydrogens is 573 g/mol. The maximum atomic E-state index is 12.7. The Kier molecular flexibility index (Phi) is 11.4. The van der Waals surface area contributed by atoms with E-state index in [1.807, 2.05) is 19.1 Å². The summed E-state index contributed by atoms with van der Waals surface area (Å²) in [6, 6.07) is 15.5. The molecule has 0 fully saturated rings. The zero-order valence-electron chi connectivity index (χ0n) is 22.9. The summed E-state index contributed by atoms with van der Waals surface area (Å²) in [6.07, 6.45) is -4.04. The molecule has 2 amide bonds. The van der Waals surface area contributed by atoms with Crippen molar-refractivity contribution in [1.82, 2.24) is 15.6 Å². The average molecular weight is 603 g/mol. The van der Waals surface area contributed by atoms with Crippen LogP contribution in [0.4, 0.5) is 19.0 Å². The summed E-state index contributed by atoms with van der Waals surface area (Å²) in [4.78, 5) is 59.8. The van der Waals surface area contributed by atoms with Crippen LogP contribution in [0.5, 0.6) is 5.75 Å². The molecule has 0 spiro atoms. The lowest BCUT2D eigenvalue weighted by Gasteiger charge is -2.21. The number of pyridine rings is 1. The number of carbonyl (C=O) groups is 4. The number of nitrogens with zero attached hydrogens (tertiary/aromatic N) is 1. The van der Waals surface area contributed by atoms with E-state index >= 15 is 0 Å². The van der Waals surface area contributed by atoms with E-state index in [-0.39, 0.29) is 17.7 Å². The summed E-state index contributed by atoms with van der Waals surface area (Å²) in [5.74, 6) is -5.05. The first kappa shape index (κ1) is 32.4. The van der Waals surface area contributed by atoms with Gasteiger partial charge in [-0.05, 0) is 36.6 Å². The van der Waals surface area contributed by atoms with Gasteiger partial charge in [0.25, 0.3) is 0 Å². The molecule has 14 heteroatoms. The molecule has 0 aliphatic carbocycles. The van der Waals surface area contributed by atoms with Gasteiger partial charge in [-0.1, -0.05) is 48.5 Å². The molecule has 2 aromatic carbocycles. The third-order valence-electron chi connectivity index (χ3n) is 5.92. The van der Waals surface area contributed by atoms with Crippen LogP contribution in [0.3, 0.4) is 0 Å². The van der Waals surface area contributed by atoms with E-state index in [2.05, 4.69) is 30.7 Å². The van der Waals surface area contributed by atoms with Gasteiger partial charge in [0.2, 0.25) is 11.8 Å². The normalized spacial score (nSPS) is 11.6. The quantitative estimate of drug-likeness (QED) is 0.137. The van der Waals surface area contributed by atoms with Gasteiger partial charge in [0.05, 0.1) is 19.0 Å². The molecule has 0 radical (unpaired) electrons. The van der Waals surface area contributed by atoms with Gasteiger partial charge in [-0.2, -0.15) is 13.2 Å². The summed E-state index contributed by atoms with van der Waals surface area (Å²) >= 11 is 0. The number of phenols is 1. The Morgan fingerprint density at radius 3 is 2.42 bits per heavy atom.